The predicted molar refractivity (Wildman–Crippen MR) is 74.1 cm³/mol. The number of carbonyl (C=O) groups excluding carboxylic acids is 1. The Balaban J connectivity index is 3.31. The first kappa shape index (κ1) is 15.3. The second kappa shape index (κ2) is 5.47. The fourth-order valence-corrected chi connectivity index (χ4v) is 1.58. The van der Waals surface area contributed by atoms with Gasteiger partial charge < -0.3 is 14.8 Å². The zero-order valence-corrected chi connectivity index (χ0v) is 11.5. The van der Waals surface area contributed by atoms with E-state index in [0.717, 1.165) is 0 Å². The van der Waals surface area contributed by atoms with E-state index in [1.807, 2.05) is 0 Å². The average Bonchev–Trinajstić information content (AvgIpc) is 2.26. The van der Waals surface area contributed by atoms with Crippen LogP contribution in [0.3, 0.4) is 0 Å². The monoisotopic (exact) mass is 260 g/mol. The second-order valence-electron chi connectivity index (χ2n) is 5.26. The normalized spacial score (nSPS) is 10.8. The van der Waals surface area contributed by atoms with E-state index >= 15 is 0 Å². The third kappa shape index (κ3) is 3.85. The summed E-state index contributed by atoms with van der Waals surface area (Å²) in [6.45, 7) is 6.97. The maximum atomic E-state index is 12.1. The lowest BCUT2D eigenvalue weighted by atomic mass is 9.77. The molecule has 0 bridgehead atoms. The van der Waals surface area contributed by atoms with Gasteiger partial charge in [-0.3, -0.25) is 0 Å². The number of benzene rings is 1. The van der Waals surface area contributed by atoms with Gasteiger partial charge in [0.15, 0.2) is 0 Å². The molecule has 0 aliphatic carbocycles. The molecule has 0 heterocycles. The lowest BCUT2D eigenvalue weighted by Gasteiger charge is -2.20. The Bertz CT molecular complexity index is 536. The molecule has 0 fully saturated rings. The molecule has 5 heteroatoms. The quantitative estimate of drug-likeness (QED) is 0.464. The van der Waals surface area contributed by atoms with Crippen LogP contribution in [0.15, 0.2) is 12.1 Å². The van der Waals surface area contributed by atoms with Crippen LogP contribution < -0.4 is 5.46 Å². The van der Waals surface area contributed by atoms with Gasteiger partial charge in [-0.25, -0.2) is 4.79 Å². The van der Waals surface area contributed by atoms with Crippen molar-refractivity contribution >= 4 is 18.6 Å². The summed E-state index contributed by atoms with van der Waals surface area (Å²) in [6.07, 6.45) is 5.35. The Hall–Kier alpha value is -1.77. The standard InChI is InChI=1S/C14H17BO4/c1-6-10-7-11(15(17)18)8-12(9(10)2)13(16)19-14(3,4)5/h1,7-8,17-18H,2-5H3. The molecule has 0 aliphatic heterocycles. The van der Waals surface area contributed by atoms with E-state index in [1.165, 1.54) is 12.1 Å². The molecule has 0 saturated heterocycles. The number of esters is 1. The number of ether oxygens (including phenoxy) is 1. The van der Waals surface area contributed by atoms with Crippen LogP contribution in [-0.4, -0.2) is 28.7 Å². The maximum absolute atomic E-state index is 12.1. The van der Waals surface area contributed by atoms with Gasteiger partial charge in [-0.05, 0) is 50.9 Å². The van der Waals surface area contributed by atoms with E-state index in [1.54, 1.807) is 27.7 Å². The van der Waals surface area contributed by atoms with Gasteiger partial charge in [0.25, 0.3) is 0 Å². The minimum absolute atomic E-state index is 0.166. The Morgan fingerprint density at radius 3 is 2.37 bits per heavy atom. The van der Waals surface area contributed by atoms with Crippen molar-refractivity contribution in [2.24, 2.45) is 0 Å². The number of hydrogen-bond donors (Lipinski definition) is 2. The number of rotatable bonds is 2. The lowest BCUT2D eigenvalue weighted by molar-refractivity contribution is 0.00688. The van der Waals surface area contributed by atoms with Gasteiger partial charge >= 0.3 is 13.1 Å². The van der Waals surface area contributed by atoms with Gasteiger partial charge in [-0.15, -0.1) is 6.42 Å². The molecule has 2 N–H and O–H groups in total. The topological polar surface area (TPSA) is 66.8 Å². The first-order valence-corrected chi connectivity index (χ1v) is 5.86. The van der Waals surface area contributed by atoms with Crippen LogP contribution in [0.4, 0.5) is 0 Å². The van der Waals surface area contributed by atoms with E-state index in [4.69, 9.17) is 11.2 Å². The number of terminal acetylenes is 1. The molecular formula is C14H17BO4. The van der Waals surface area contributed by atoms with E-state index in [9.17, 15) is 14.8 Å². The molecule has 0 amide bonds. The van der Waals surface area contributed by atoms with Crippen molar-refractivity contribution in [3.63, 3.8) is 0 Å². The minimum atomic E-state index is -1.69. The molecule has 0 aromatic heterocycles. The molecule has 0 aliphatic rings. The molecule has 0 saturated carbocycles. The highest BCUT2D eigenvalue weighted by Crippen LogP contribution is 2.17. The molecule has 1 rings (SSSR count). The summed E-state index contributed by atoms with van der Waals surface area (Å²) in [5.41, 5.74) is 0.800. The zero-order valence-electron chi connectivity index (χ0n) is 11.5. The van der Waals surface area contributed by atoms with Crippen LogP contribution in [-0.2, 0) is 4.74 Å². The summed E-state index contributed by atoms with van der Waals surface area (Å²) in [5.74, 6) is 1.88. The molecule has 0 unspecified atom stereocenters. The molecule has 0 radical (unpaired) electrons. The third-order valence-corrected chi connectivity index (χ3v) is 2.50. The fraction of sp³-hybridized carbons (Fsp3) is 0.357. The first-order chi connectivity index (χ1) is 8.65. The minimum Gasteiger partial charge on any atom is -0.456 e. The van der Waals surface area contributed by atoms with Crippen LogP contribution in [0.5, 0.6) is 0 Å². The maximum Gasteiger partial charge on any atom is 0.488 e. The van der Waals surface area contributed by atoms with Crippen molar-refractivity contribution < 1.29 is 19.6 Å². The summed E-state index contributed by atoms with van der Waals surface area (Å²) in [5, 5.41) is 18.4. The summed E-state index contributed by atoms with van der Waals surface area (Å²) in [4.78, 5) is 12.1. The number of carbonyl (C=O) groups is 1. The molecule has 0 atom stereocenters. The van der Waals surface area contributed by atoms with E-state index in [0.29, 0.717) is 11.1 Å². The molecule has 4 nitrogen and oxygen atoms in total. The van der Waals surface area contributed by atoms with Crippen molar-refractivity contribution in [1.29, 1.82) is 0 Å². The fourth-order valence-electron chi connectivity index (χ4n) is 1.58. The smallest absolute Gasteiger partial charge is 0.456 e. The predicted octanol–water partition coefficient (Wildman–Crippen LogP) is 0.611. The molecular weight excluding hydrogens is 243 g/mol. The molecule has 0 spiro atoms. The summed E-state index contributed by atoms with van der Waals surface area (Å²) in [7, 11) is -1.69. The van der Waals surface area contributed by atoms with E-state index in [-0.39, 0.29) is 11.0 Å². The van der Waals surface area contributed by atoms with Gasteiger partial charge in [-0.2, -0.15) is 0 Å². The van der Waals surface area contributed by atoms with Crippen molar-refractivity contribution in [3.05, 3.63) is 28.8 Å². The summed E-state index contributed by atoms with van der Waals surface area (Å²) >= 11 is 0. The molecule has 1 aromatic carbocycles. The SMILES string of the molecule is C#Cc1cc(B(O)O)cc(C(=O)OC(C)(C)C)c1C. The van der Waals surface area contributed by atoms with Gasteiger partial charge in [-0.1, -0.05) is 5.92 Å². The van der Waals surface area contributed by atoms with Crippen LogP contribution in [0.1, 0.15) is 42.3 Å². The highest BCUT2D eigenvalue weighted by molar-refractivity contribution is 6.58. The highest BCUT2D eigenvalue weighted by atomic mass is 16.6. The van der Waals surface area contributed by atoms with Gasteiger partial charge in [0.05, 0.1) is 5.56 Å². The average molecular weight is 260 g/mol. The van der Waals surface area contributed by atoms with Crippen molar-refractivity contribution in [2.45, 2.75) is 33.3 Å². The molecule has 19 heavy (non-hydrogen) atoms. The highest BCUT2D eigenvalue weighted by Gasteiger charge is 2.23. The third-order valence-electron chi connectivity index (χ3n) is 2.50. The zero-order chi connectivity index (χ0) is 14.8. The van der Waals surface area contributed by atoms with Crippen LogP contribution in [0, 0.1) is 19.3 Å². The summed E-state index contributed by atoms with van der Waals surface area (Å²) in [6, 6.07) is 2.85. The van der Waals surface area contributed by atoms with Crippen molar-refractivity contribution in [3.8, 4) is 12.3 Å². The molecule has 100 valence electrons. The van der Waals surface area contributed by atoms with Crippen LogP contribution in [0.2, 0.25) is 0 Å². The van der Waals surface area contributed by atoms with Crippen LogP contribution >= 0.6 is 0 Å². The Morgan fingerprint density at radius 2 is 1.95 bits per heavy atom. The van der Waals surface area contributed by atoms with E-state index < -0.39 is 18.7 Å². The lowest BCUT2D eigenvalue weighted by Crippen LogP contribution is -2.32. The first-order valence-electron chi connectivity index (χ1n) is 5.86. The van der Waals surface area contributed by atoms with Gasteiger partial charge in [0, 0.05) is 5.56 Å². The van der Waals surface area contributed by atoms with Gasteiger partial charge in [0.1, 0.15) is 5.60 Å². The summed E-state index contributed by atoms with van der Waals surface area (Å²) < 4.78 is 5.27. The Labute approximate surface area is 113 Å². The van der Waals surface area contributed by atoms with Crippen molar-refractivity contribution in [2.75, 3.05) is 0 Å². The Kier molecular flexibility index (Phi) is 4.41. The van der Waals surface area contributed by atoms with Gasteiger partial charge in [0.2, 0.25) is 0 Å². The van der Waals surface area contributed by atoms with E-state index in [2.05, 4.69) is 5.92 Å². The second-order valence-corrected chi connectivity index (χ2v) is 5.26. The number of hydrogen-bond acceptors (Lipinski definition) is 4. The molecule has 1 aromatic rings. The largest absolute Gasteiger partial charge is 0.488 e. The van der Waals surface area contributed by atoms with Crippen molar-refractivity contribution in [1.82, 2.24) is 0 Å². The Morgan fingerprint density at radius 1 is 1.37 bits per heavy atom. The van der Waals surface area contributed by atoms with Crippen LogP contribution in [0.25, 0.3) is 0 Å².